The molecule has 2 heterocycles. The first-order valence-corrected chi connectivity index (χ1v) is 9.40. The molecular weight excluding hydrogens is 338 g/mol. The second-order valence-electron chi connectivity index (χ2n) is 7.11. The van der Waals surface area contributed by atoms with Crippen LogP contribution in [0.15, 0.2) is 48.5 Å². The summed E-state index contributed by atoms with van der Waals surface area (Å²) in [6.07, 6.45) is 1.08. The fraction of sp³-hybridized carbons (Fsp3) is 0.333. The maximum atomic E-state index is 11.7. The number of nitrogens with two attached hydrogens (primary N) is 1. The highest BCUT2D eigenvalue weighted by atomic mass is 16.1. The maximum Gasteiger partial charge on any atom is 0.250 e. The van der Waals surface area contributed by atoms with E-state index in [9.17, 15) is 4.79 Å². The molecule has 6 heteroatoms. The van der Waals surface area contributed by atoms with Crippen molar-refractivity contribution in [2.45, 2.75) is 13.0 Å². The van der Waals surface area contributed by atoms with Crippen molar-refractivity contribution in [2.24, 2.45) is 12.8 Å². The lowest BCUT2D eigenvalue weighted by atomic mass is 10.2. The van der Waals surface area contributed by atoms with E-state index in [1.165, 1.54) is 5.56 Å². The van der Waals surface area contributed by atoms with Crippen LogP contribution in [0.5, 0.6) is 0 Å². The Balaban J connectivity index is 1.55. The lowest BCUT2D eigenvalue weighted by molar-refractivity contribution is 0.100. The molecular formula is C21H25N5O. The van der Waals surface area contributed by atoms with Gasteiger partial charge in [-0.05, 0) is 24.1 Å². The molecule has 140 valence electrons. The van der Waals surface area contributed by atoms with Crippen LogP contribution < -0.4 is 10.6 Å². The number of aromatic nitrogens is 2. The van der Waals surface area contributed by atoms with E-state index in [4.69, 9.17) is 10.7 Å². The largest absolute Gasteiger partial charge is 0.366 e. The zero-order valence-corrected chi connectivity index (χ0v) is 15.6. The number of imidazole rings is 1. The topological polar surface area (TPSA) is 67.4 Å². The summed E-state index contributed by atoms with van der Waals surface area (Å²) in [6, 6.07) is 16.2. The van der Waals surface area contributed by atoms with E-state index in [-0.39, 0.29) is 0 Å². The van der Waals surface area contributed by atoms with Crippen LogP contribution in [0.2, 0.25) is 0 Å². The number of benzene rings is 2. The van der Waals surface area contributed by atoms with Gasteiger partial charge < -0.3 is 15.2 Å². The van der Waals surface area contributed by atoms with Gasteiger partial charge in [0.05, 0.1) is 11.1 Å². The third-order valence-electron chi connectivity index (χ3n) is 5.27. The molecule has 3 aromatic rings. The lowest BCUT2D eigenvalue weighted by Crippen LogP contribution is -2.31. The number of rotatable bonds is 4. The Bertz CT molecular complexity index is 950. The summed E-state index contributed by atoms with van der Waals surface area (Å²) < 4.78 is 2.06. The first kappa shape index (κ1) is 17.5. The summed E-state index contributed by atoms with van der Waals surface area (Å²) in [7, 11) is 2.00. The Hall–Kier alpha value is -2.86. The minimum absolute atomic E-state index is 0.435. The zero-order chi connectivity index (χ0) is 18.8. The smallest absolute Gasteiger partial charge is 0.250 e. The van der Waals surface area contributed by atoms with Gasteiger partial charge in [0.2, 0.25) is 5.95 Å². The Labute approximate surface area is 159 Å². The van der Waals surface area contributed by atoms with Gasteiger partial charge in [-0.1, -0.05) is 36.4 Å². The number of primary amides is 1. The molecule has 1 amide bonds. The second kappa shape index (κ2) is 7.40. The predicted octanol–water partition coefficient (Wildman–Crippen LogP) is 2.38. The van der Waals surface area contributed by atoms with Crippen molar-refractivity contribution >= 4 is 22.9 Å². The third kappa shape index (κ3) is 3.53. The normalized spacial score (nSPS) is 15.8. The number of carbonyl (C=O) groups is 1. The van der Waals surface area contributed by atoms with Gasteiger partial charge >= 0.3 is 0 Å². The molecule has 1 aliphatic heterocycles. The molecule has 1 aliphatic rings. The first-order chi connectivity index (χ1) is 13.1. The molecule has 0 radical (unpaired) electrons. The average molecular weight is 363 g/mol. The SMILES string of the molecule is Cn1c(N2CCCN(Cc3ccccc3)CC2)nc2c(C(N)=O)cccc21. The predicted molar refractivity (Wildman–Crippen MR) is 108 cm³/mol. The molecule has 0 unspecified atom stereocenters. The molecule has 1 aromatic heterocycles. The van der Waals surface area contributed by atoms with Crippen LogP contribution in [0.3, 0.4) is 0 Å². The Kier molecular flexibility index (Phi) is 4.81. The first-order valence-electron chi connectivity index (χ1n) is 9.40. The quantitative estimate of drug-likeness (QED) is 0.773. The molecule has 1 fully saturated rings. The van der Waals surface area contributed by atoms with Gasteiger partial charge in [0.15, 0.2) is 0 Å². The van der Waals surface area contributed by atoms with Crippen molar-refractivity contribution in [1.29, 1.82) is 0 Å². The van der Waals surface area contributed by atoms with E-state index in [2.05, 4.69) is 44.7 Å². The van der Waals surface area contributed by atoms with Gasteiger partial charge in [-0.2, -0.15) is 0 Å². The summed E-state index contributed by atoms with van der Waals surface area (Å²) in [5.41, 5.74) is 8.98. The number of anilines is 1. The molecule has 2 N–H and O–H groups in total. The molecule has 2 aromatic carbocycles. The molecule has 0 bridgehead atoms. The fourth-order valence-corrected chi connectivity index (χ4v) is 3.85. The molecule has 27 heavy (non-hydrogen) atoms. The summed E-state index contributed by atoms with van der Waals surface area (Å²) in [6.45, 7) is 4.90. The minimum atomic E-state index is -0.435. The van der Waals surface area contributed by atoms with Crippen molar-refractivity contribution in [2.75, 3.05) is 31.1 Å². The fourth-order valence-electron chi connectivity index (χ4n) is 3.85. The lowest BCUT2D eigenvalue weighted by Gasteiger charge is -2.22. The molecule has 4 rings (SSSR count). The molecule has 6 nitrogen and oxygen atoms in total. The number of hydrogen-bond donors (Lipinski definition) is 1. The monoisotopic (exact) mass is 363 g/mol. The van der Waals surface area contributed by atoms with Crippen molar-refractivity contribution in [3.05, 3.63) is 59.7 Å². The van der Waals surface area contributed by atoms with Crippen LogP contribution in [-0.2, 0) is 13.6 Å². The van der Waals surface area contributed by atoms with Gasteiger partial charge in [-0.25, -0.2) is 4.98 Å². The number of hydrogen-bond acceptors (Lipinski definition) is 4. The van der Waals surface area contributed by atoms with E-state index in [1.807, 2.05) is 19.2 Å². The summed E-state index contributed by atoms with van der Waals surface area (Å²) >= 11 is 0. The van der Waals surface area contributed by atoms with Crippen molar-refractivity contribution in [3.63, 3.8) is 0 Å². The third-order valence-corrected chi connectivity index (χ3v) is 5.27. The van der Waals surface area contributed by atoms with Crippen LogP contribution in [0.4, 0.5) is 5.95 Å². The average Bonchev–Trinajstić information content (AvgIpc) is 2.86. The van der Waals surface area contributed by atoms with Crippen molar-refractivity contribution < 1.29 is 4.79 Å². The van der Waals surface area contributed by atoms with Crippen LogP contribution >= 0.6 is 0 Å². The number of para-hydroxylation sites is 1. The van der Waals surface area contributed by atoms with E-state index < -0.39 is 5.91 Å². The van der Waals surface area contributed by atoms with Crippen LogP contribution in [0.25, 0.3) is 11.0 Å². The van der Waals surface area contributed by atoms with E-state index in [0.717, 1.165) is 50.6 Å². The Morgan fingerprint density at radius 2 is 1.85 bits per heavy atom. The van der Waals surface area contributed by atoms with Crippen LogP contribution in [-0.4, -0.2) is 46.5 Å². The molecule has 0 saturated carbocycles. The van der Waals surface area contributed by atoms with Gasteiger partial charge in [0, 0.05) is 39.8 Å². The van der Waals surface area contributed by atoms with Gasteiger partial charge in [0.1, 0.15) is 5.52 Å². The van der Waals surface area contributed by atoms with E-state index in [0.29, 0.717) is 11.1 Å². The van der Waals surface area contributed by atoms with Crippen molar-refractivity contribution in [1.82, 2.24) is 14.5 Å². The molecule has 0 atom stereocenters. The summed E-state index contributed by atoms with van der Waals surface area (Å²) in [5, 5.41) is 0. The molecule has 0 aliphatic carbocycles. The zero-order valence-electron chi connectivity index (χ0n) is 15.6. The highest BCUT2D eigenvalue weighted by Crippen LogP contribution is 2.25. The Morgan fingerprint density at radius 1 is 1.04 bits per heavy atom. The van der Waals surface area contributed by atoms with Crippen molar-refractivity contribution in [3.8, 4) is 0 Å². The standard InChI is InChI=1S/C21H25N5O/c1-24-18-10-5-9-17(20(22)27)19(18)23-21(24)26-12-6-11-25(13-14-26)15-16-7-3-2-4-8-16/h2-5,7-10H,6,11-15H2,1H3,(H2,22,27). The van der Waals surface area contributed by atoms with Gasteiger partial charge in [-0.15, -0.1) is 0 Å². The van der Waals surface area contributed by atoms with E-state index >= 15 is 0 Å². The highest BCUT2D eigenvalue weighted by Gasteiger charge is 2.21. The van der Waals surface area contributed by atoms with Crippen LogP contribution in [0.1, 0.15) is 22.3 Å². The number of amides is 1. The number of nitrogens with zero attached hydrogens (tertiary/aromatic N) is 4. The van der Waals surface area contributed by atoms with Gasteiger partial charge in [0.25, 0.3) is 5.91 Å². The van der Waals surface area contributed by atoms with Crippen LogP contribution in [0, 0.1) is 0 Å². The number of fused-ring (bicyclic) bond motifs is 1. The van der Waals surface area contributed by atoms with E-state index in [1.54, 1.807) is 6.07 Å². The maximum absolute atomic E-state index is 11.7. The van der Waals surface area contributed by atoms with Gasteiger partial charge in [-0.3, -0.25) is 9.69 Å². The highest BCUT2D eigenvalue weighted by molar-refractivity contribution is 6.04. The second-order valence-corrected chi connectivity index (χ2v) is 7.11. The minimum Gasteiger partial charge on any atom is -0.366 e. The Morgan fingerprint density at radius 3 is 2.63 bits per heavy atom. The number of aryl methyl sites for hydroxylation is 1. The summed E-state index contributed by atoms with van der Waals surface area (Å²) in [4.78, 5) is 21.3. The summed E-state index contributed by atoms with van der Waals surface area (Å²) in [5.74, 6) is 0.468. The molecule has 0 spiro atoms. The number of carbonyl (C=O) groups excluding carboxylic acids is 1. The molecule has 1 saturated heterocycles.